The predicted octanol–water partition coefficient (Wildman–Crippen LogP) is 1.96. The summed E-state index contributed by atoms with van der Waals surface area (Å²) in [5.41, 5.74) is 0. The molecule has 0 heterocycles. The Hall–Kier alpha value is -1.16. The van der Waals surface area contributed by atoms with Crippen molar-refractivity contribution < 1.29 is 14.3 Å². The summed E-state index contributed by atoms with van der Waals surface area (Å²) in [5.74, 6) is 0.890. The molecule has 0 unspecified atom stereocenters. The van der Waals surface area contributed by atoms with Crippen molar-refractivity contribution >= 4 is 17.7 Å². The van der Waals surface area contributed by atoms with E-state index in [2.05, 4.69) is 4.74 Å². The highest BCUT2D eigenvalue weighted by Crippen LogP contribution is 2.22. The highest BCUT2D eigenvalue weighted by Gasteiger charge is 2.02. The molecule has 1 rings (SSSR count). The van der Waals surface area contributed by atoms with Gasteiger partial charge in [0, 0.05) is 4.90 Å². The summed E-state index contributed by atoms with van der Waals surface area (Å²) in [6.07, 6.45) is 0. The summed E-state index contributed by atoms with van der Waals surface area (Å²) >= 11 is 1.43. The molecule has 0 aliphatic rings. The second-order valence-corrected chi connectivity index (χ2v) is 3.59. The van der Waals surface area contributed by atoms with Gasteiger partial charge in [0.1, 0.15) is 5.75 Å². The minimum Gasteiger partial charge on any atom is -0.497 e. The standard InChI is InChI=1S/C10H12O3S/c1-12-8-4-3-5-9(6-8)14-7-10(11)13-2/h3-6H,7H2,1-2H3. The van der Waals surface area contributed by atoms with Crippen molar-refractivity contribution in [3.63, 3.8) is 0 Å². The Kier molecular flexibility index (Phi) is 4.32. The Balaban J connectivity index is 2.54. The van der Waals surface area contributed by atoms with Crippen molar-refractivity contribution in [3.05, 3.63) is 24.3 Å². The first-order valence-corrected chi connectivity index (χ1v) is 5.08. The number of esters is 1. The van der Waals surface area contributed by atoms with Crippen molar-refractivity contribution in [3.8, 4) is 5.75 Å². The predicted molar refractivity (Wildman–Crippen MR) is 55.7 cm³/mol. The average molecular weight is 212 g/mol. The quantitative estimate of drug-likeness (QED) is 0.564. The molecule has 0 atom stereocenters. The summed E-state index contributed by atoms with van der Waals surface area (Å²) in [6.45, 7) is 0. The number of methoxy groups -OCH3 is 2. The number of thioether (sulfide) groups is 1. The molecule has 0 aromatic heterocycles. The molecule has 0 amide bonds. The fourth-order valence-corrected chi connectivity index (χ4v) is 1.67. The van der Waals surface area contributed by atoms with Gasteiger partial charge in [-0.1, -0.05) is 6.07 Å². The second-order valence-electron chi connectivity index (χ2n) is 2.54. The van der Waals surface area contributed by atoms with E-state index in [0.717, 1.165) is 10.6 Å². The van der Waals surface area contributed by atoms with E-state index >= 15 is 0 Å². The third-order valence-corrected chi connectivity index (χ3v) is 2.59. The molecule has 1 aromatic rings. The number of ether oxygens (including phenoxy) is 2. The molecular formula is C10H12O3S. The van der Waals surface area contributed by atoms with E-state index < -0.39 is 0 Å². The van der Waals surface area contributed by atoms with E-state index in [9.17, 15) is 4.79 Å². The van der Waals surface area contributed by atoms with Crippen LogP contribution in [-0.4, -0.2) is 25.9 Å². The van der Waals surface area contributed by atoms with Crippen molar-refractivity contribution in [2.24, 2.45) is 0 Å². The molecule has 0 spiro atoms. The van der Waals surface area contributed by atoms with Crippen LogP contribution in [0.25, 0.3) is 0 Å². The molecule has 0 saturated heterocycles. The number of benzene rings is 1. The van der Waals surface area contributed by atoms with Gasteiger partial charge in [-0.2, -0.15) is 0 Å². The van der Waals surface area contributed by atoms with Crippen molar-refractivity contribution in [1.29, 1.82) is 0 Å². The maximum absolute atomic E-state index is 10.9. The maximum atomic E-state index is 10.9. The fourth-order valence-electron chi connectivity index (χ4n) is 0.892. The molecule has 0 bridgehead atoms. The first kappa shape index (κ1) is 10.9. The Morgan fingerprint density at radius 1 is 1.43 bits per heavy atom. The van der Waals surface area contributed by atoms with Gasteiger partial charge < -0.3 is 9.47 Å². The molecule has 0 radical (unpaired) electrons. The summed E-state index contributed by atoms with van der Waals surface area (Å²) in [5, 5.41) is 0. The minimum atomic E-state index is -0.224. The number of hydrogen-bond donors (Lipinski definition) is 0. The van der Waals surface area contributed by atoms with Crippen molar-refractivity contribution in [2.75, 3.05) is 20.0 Å². The van der Waals surface area contributed by atoms with Gasteiger partial charge in [-0.15, -0.1) is 11.8 Å². The molecule has 14 heavy (non-hydrogen) atoms. The zero-order valence-corrected chi connectivity index (χ0v) is 8.97. The molecule has 0 N–H and O–H groups in total. The van der Waals surface area contributed by atoms with Gasteiger partial charge in [0.05, 0.1) is 20.0 Å². The van der Waals surface area contributed by atoms with Crippen LogP contribution in [0.4, 0.5) is 0 Å². The van der Waals surface area contributed by atoms with Crippen LogP contribution in [-0.2, 0) is 9.53 Å². The number of hydrogen-bond acceptors (Lipinski definition) is 4. The minimum absolute atomic E-state index is 0.224. The van der Waals surface area contributed by atoms with Crippen LogP contribution in [0.15, 0.2) is 29.2 Å². The van der Waals surface area contributed by atoms with Crippen molar-refractivity contribution in [2.45, 2.75) is 4.90 Å². The molecule has 76 valence electrons. The molecule has 0 aliphatic heterocycles. The lowest BCUT2D eigenvalue weighted by Crippen LogP contribution is -2.02. The lowest BCUT2D eigenvalue weighted by Gasteiger charge is -2.03. The summed E-state index contributed by atoms with van der Waals surface area (Å²) in [6, 6.07) is 7.56. The summed E-state index contributed by atoms with van der Waals surface area (Å²) < 4.78 is 9.60. The van der Waals surface area contributed by atoms with E-state index in [1.54, 1.807) is 7.11 Å². The topological polar surface area (TPSA) is 35.5 Å². The van der Waals surface area contributed by atoms with E-state index in [4.69, 9.17) is 4.74 Å². The van der Waals surface area contributed by atoms with Gasteiger partial charge in [0.2, 0.25) is 0 Å². The van der Waals surface area contributed by atoms with Crippen LogP contribution < -0.4 is 4.74 Å². The second kappa shape index (κ2) is 5.54. The first-order valence-electron chi connectivity index (χ1n) is 4.10. The zero-order valence-electron chi connectivity index (χ0n) is 8.15. The molecule has 0 fully saturated rings. The van der Waals surface area contributed by atoms with Gasteiger partial charge in [-0.3, -0.25) is 4.79 Å². The Morgan fingerprint density at radius 3 is 2.86 bits per heavy atom. The zero-order chi connectivity index (χ0) is 10.4. The summed E-state index contributed by atoms with van der Waals surface area (Å²) in [4.78, 5) is 11.9. The van der Waals surface area contributed by atoms with E-state index in [1.165, 1.54) is 18.9 Å². The number of carbonyl (C=O) groups excluding carboxylic acids is 1. The van der Waals surface area contributed by atoms with Crippen molar-refractivity contribution in [1.82, 2.24) is 0 Å². The molecule has 3 nitrogen and oxygen atoms in total. The maximum Gasteiger partial charge on any atom is 0.315 e. The Bertz CT molecular complexity index is 312. The van der Waals surface area contributed by atoms with Crippen LogP contribution in [0.5, 0.6) is 5.75 Å². The van der Waals surface area contributed by atoms with Gasteiger partial charge in [0.15, 0.2) is 0 Å². The third-order valence-electron chi connectivity index (χ3n) is 1.63. The lowest BCUT2D eigenvalue weighted by molar-refractivity contribution is -0.137. The van der Waals surface area contributed by atoms with Gasteiger partial charge in [0.25, 0.3) is 0 Å². The van der Waals surface area contributed by atoms with Crippen LogP contribution >= 0.6 is 11.8 Å². The van der Waals surface area contributed by atoms with E-state index in [-0.39, 0.29) is 5.97 Å². The highest BCUT2D eigenvalue weighted by atomic mass is 32.2. The monoisotopic (exact) mass is 212 g/mol. The van der Waals surface area contributed by atoms with Crippen LogP contribution in [0.3, 0.4) is 0 Å². The SMILES string of the molecule is COC(=O)CSc1cccc(OC)c1. The molecular weight excluding hydrogens is 200 g/mol. The van der Waals surface area contributed by atoms with Gasteiger partial charge in [-0.05, 0) is 18.2 Å². The van der Waals surface area contributed by atoms with E-state index in [0.29, 0.717) is 5.75 Å². The largest absolute Gasteiger partial charge is 0.497 e. The highest BCUT2D eigenvalue weighted by molar-refractivity contribution is 8.00. The molecule has 1 aromatic carbocycles. The molecule has 0 saturated carbocycles. The normalized spacial score (nSPS) is 9.57. The Labute approximate surface area is 87.4 Å². The van der Waals surface area contributed by atoms with Gasteiger partial charge in [-0.25, -0.2) is 0 Å². The molecule has 4 heteroatoms. The van der Waals surface area contributed by atoms with Crippen LogP contribution in [0.1, 0.15) is 0 Å². The lowest BCUT2D eigenvalue weighted by atomic mass is 10.3. The third kappa shape index (κ3) is 3.30. The van der Waals surface area contributed by atoms with Gasteiger partial charge >= 0.3 is 5.97 Å². The molecule has 0 aliphatic carbocycles. The van der Waals surface area contributed by atoms with Crippen LogP contribution in [0, 0.1) is 0 Å². The average Bonchev–Trinajstić information content (AvgIpc) is 2.26. The fraction of sp³-hybridized carbons (Fsp3) is 0.300. The van der Waals surface area contributed by atoms with E-state index in [1.807, 2.05) is 24.3 Å². The smallest absolute Gasteiger partial charge is 0.315 e. The Morgan fingerprint density at radius 2 is 2.21 bits per heavy atom. The first-order chi connectivity index (χ1) is 6.76. The van der Waals surface area contributed by atoms with Crippen LogP contribution in [0.2, 0.25) is 0 Å². The summed E-state index contributed by atoms with van der Waals surface area (Å²) in [7, 11) is 3.00. The number of carbonyl (C=O) groups is 1. The number of rotatable bonds is 4.